The molecule has 0 atom stereocenters. The highest BCUT2D eigenvalue weighted by Gasteiger charge is 2.50. The van der Waals surface area contributed by atoms with Crippen molar-refractivity contribution in [1.29, 1.82) is 0 Å². The molecule has 2 N–H and O–H groups in total. The van der Waals surface area contributed by atoms with Gasteiger partial charge in [0.1, 0.15) is 12.4 Å². The Labute approximate surface area is 175 Å². The van der Waals surface area contributed by atoms with E-state index in [0.717, 1.165) is 5.56 Å². The summed E-state index contributed by atoms with van der Waals surface area (Å²) in [5.74, 6) is 1.20. The van der Waals surface area contributed by atoms with Gasteiger partial charge >= 0.3 is 15.5 Å². The molecule has 0 bridgehead atoms. The molecule has 0 aliphatic carbocycles. The smallest absolute Gasteiger partial charge is 0.489 e. The van der Waals surface area contributed by atoms with Gasteiger partial charge in [-0.2, -0.15) is 17.5 Å². The molecule has 168 valence electrons. The molecule has 30 heavy (non-hydrogen) atoms. The van der Waals surface area contributed by atoms with Gasteiger partial charge in [0.25, 0.3) is 0 Å². The van der Waals surface area contributed by atoms with Crippen LogP contribution in [-0.4, -0.2) is 56.5 Å². The highest BCUT2D eigenvalue weighted by atomic mass is 32.2. The number of para-hydroxylation sites is 1. The van der Waals surface area contributed by atoms with Crippen LogP contribution in [0.15, 0.2) is 41.9 Å². The fraction of sp³-hybridized carbons (Fsp3) is 0.526. The molecular weight excluding hydrogens is 421 g/mol. The molecule has 1 saturated heterocycles. The first-order valence-corrected chi connectivity index (χ1v) is 11.1. The van der Waals surface area contributed by atoms with Crippen LogP contribution in [0.5, 0.6) is 5.75 Å². The molecule has 0 aromatic heterocycles. The molecule has 0 unspecified atom stereocenters. The van der Waals surface area contributed by atoms with Gasteiger partial charge in [0.15, 0.2) is 5.96 Å². The molecule has 0 amide bonds. The van der Waals surface area contributed by atoms with E-state index in [1.54, 1.807) is 6.08 Å². The predicted octanol–water partition coefficient (Wildman–Crippen LogP) is 2.62. The van der Waals surface area contributed by atoms with Gasteiger partial charge in [-0.3, -0.25) is 0 Å². The van der Waals surface area contributed by atoms with Crippen molar-refractivity contribution < 1.29 is 26.3 Å². The second-order valence-corrected chi connectivity index (χ2v) is 8.60. The number of hydrogen-bond donors (Lipinski definition) is 2. The fourth-order valence-electron chi connectivity index (χ4n) is 2.99. The largest absolute Gasteiger partial charge is 0.511 e. The van der Waals surface area contributed by atoms with Crippen LogP contribution in [0, 0.1) is 0 Å². The monoisotopic (exact) mass is 448 g/mol. The van der Waals surface area contributed by atoms with E-state index in [4.69, 9.17) is 4.74 Å². The Bertz CT molecular complexity index is 836. The van der Waals surface area contributed by atoms with Crippen molar-refractivity contribution in [3.63, 3.8) is 0 Å². The zero-order valence-electron chi connectivity index (χ0n) is 16.8. The number of piperidine rings is 1. The number of alkyl halides is 3. The Hall–Kier alpha value is -2.27. The molecule has 1 aliphatic rings. The number of ether oxygens (including phenoxy) is 1. The molecule has 1 fully saturated rings. The van der Waals surface area contributed by atoms with E-state index in [2.05, 4.69) is 22.2 Å². The number of halogens is 3. The Balaban J connectivity index is 1.99. The van der Waals surface area contributed by atoms with Crippen LogP contribution < -0.4 is 15.4 Å². The van der Waals surface area contributed by atoms with Crippen molar-refractivity contribution in [2.24, 2.45) is 4.99 Å². The van der Waals surface area contributed by atoms with Gasteiger partial charge in [-0.15, -0.1) is 0 Å². The molecular formula is C19H27F3N4O3S. The van der Waals surface area contributed by atoms with E-state index >= 15 is 0 Å². The molecule has 0 radical (unpaired) electrons. The average molecular weight is 449 g/mol. The summed E-state index contributed by atoms with van der Waals surface area (Å²) in [7, 11) is -5.28. The summed E-state index contributed by atoms with van der Waals surface area (Å²) >= 11 is 0. The van der Waals surface area contributed by atoms with Crippen molar-refractivity contribution in [3.05, 3.63) is 42.5 Å². The number of guanidine groups is 1. The second kappa shape index (κ2) is 10.7. The molecule has 1 aromatic rings. The SMILES string of the molecule is C=CCOc1ccccc1CN=C(NCC)NC1CCN(S(=O)(=O)C(F)(F)F)CC1. The van der Waals surface area contributed by atoms with Gasteiger partial charge in [-0.25, -0.2) is 13.4 Å². The molecule has 11 heteroatoms. The van der Waals surface area contributed by atoms with Gasteiger partial charge < -0.3 is 15.4 Å². The van der Waals surface area contributed by atoms with Crippen molar-refractivity contribution in [2.75, 3.05) is 26.2 Å². The van der Waals surface area contributed by atoms with E-state index in [1.807, 2.05) is 31.2 Å². The number of nitrogens with zero attached hydrogens (tertiary/aromatic N) is 2. The minimum Gasteiger partial charge on any atom is -0.489 e. The normalized spacial score (nSPS) is 16.9. The molecule has 7 nitrogen and oxygen atoms in total. The summed E-state index contributed by atoms with van der Waals surface area (Å²) in [4.78, 5) is 4.53. The summed E-state index contributed by atoms with van der Waals surface area (Å²) in [6.07, 6.45) is 2.15. The zero-order valence-corrected chi connectivity index (χ0v) is 17.6. The molecule has 2 rings (SSSR count). The molecule has 1 aliphatic heterocycles. The van der Waals surface area contributed by atoms with Crippen LogP contribution in [0.2, 0.25) is 0 Å². The molecule has 0 spiro atoms. The predicted molar refractivity (Wildman–Crippen MR) is 110 cm³/mol. The summed E-state index contributed by atoms with van der Waals surface area (Å²) < 4.78 is 67.3. The van der Waals surface area contributed by atoms with E-state index in [-0.39, 0.29) is 32.0 Å². The number of nitrogens with one attached hydrogen (secondary N) is 2. The summed E-state index contributed by atoms with van der Waals surface area (Å²) in [5.41, 5.74) is -4.40. The van der Waals surface area contributed by atoms with Gasteiger partial charge in [-0.05, 0) is 25.8 Å². The quantitative estimate of drug-likeness (QED) is 0.363. The van der Waals surface area contributed by atoms with Crippen molar-refractivity contribution in [2.45, 2.75) is 37.9 Å². The van der Waals surface area contributed by atoms with Crippen LogP contribution in [0.25, 0.3) is 0 Å². The topological polar surface area (TPSA) is 83.0 Å². The number of aliphatic imine (C=N–C) groups is 1. The molecule has 0 saturated carbocycles. The number of hydrogen-bond acceptors (Lipinski definition) is 4. The Morgan fingerprint density at radius 2 is 2.00 bits per heavy atom. The fourth-order valence-corrected chi connectivity index (χ4v) is 3.97. The van der Waals surface area contributed by atoms with Crippen LogP contribution >= 0.6 is 0 Å². The van der Waals surface area contributed by atoms with E-state index in [0.29, 0.717) is 35.7 Å². The van der Waals surface area contributed by atoms with Gasteiger partial charge in [0.2, 0.25) is 0 Å². The summed E-state index contributed by atoms with van der Waals surface area (Å²) in [5, 5.41) is 6.28. The Kier molecular flexibility index (Phi) is 8.54. The van der Waals surface area contributed by atoms with Crippen LogP contribution in [0.3, 0.4) is 0 Å². The maximum absolute atomic E-state index is 12.7. The number of rotatable bonds is 8. The Morgan fingerprint density at radius 3 is 2.60 bits per heavy atom. The molecule has 1 aromatic carbocycles. The van der Waals surface area contributed by atoms with Gasteiger partial charge in [0.05, 0.1) is 6.54 Å². The maximum atomic E-state index is 12.7. The lowest BCUT2D eigenvalue weighted by Crippen LogP contribution is -2.51. The minimum atomic E-state index is -5.28. The zero-order chi connectivity index (χ0) is 22.2. The third-order valence-electron chi connectivity index (χ3n) is 4.51. The summed E-state index contributed by atoms with van der Waals surface area (Å²) in [6, 6.07) is 7.28. The lowest BCUT2D eigenvalue weighted by molar-refractivity contribution is -0.0494. The first-order chi connectivity index (χ1) is 14.2. The van der Waals surface area contributed by atoms with Crippen LogP contribution in [0.4, 0.5) is 13.2 Å². The van der Waals surface area contributed by atoms with Gasteiger partial charge in [-0.1, -0.05) is 30.9 Å². The van der Waals surface area contributed by atoms with Crippen molar-refractivity contribution in [1.82, 2.24) is 14.9 Å². The van der Waals surface area contributed by atoms with Crippen molar-refractivity contribution in [3.8, 4) is 5.75 Å². The first-order valence-electron chi connectivity index (χ1n) is 9.62. The standard InChI is InChI=1S/C19H27F3N4O3S/c1-3-13-29-17-8-6-5-7-15(17)14-24-18(23-4-2)25-16-9-11-26(12-10-16)30(27,28)19(20,21)22/h3,5-8,16H,1,4,9-14H2,2H3,(H2,23,24,25). The van der Waals surface area contributed by atoms with E-state index in [1.165, 1.54) is 0 Å². The van der Waals surface area contributed by atoms with Crippen LogP contribution in [-0.2, 0) is 16.6 Å². The van der Waals surface area contributed by atoms with E-state index < -0.39 is 15.5 Å². The number of benzene rings is 1. The highest BCUT2D eigenvalue weighted by Crippen LogP contribution is 2.29. The van der Waals surface area contributed by atoms with Crippen LogP contribution in [0.1, 0.15) is 25.3 Å². The molecule has 1 heterocycles. The average Bonchev–Trinajstić information content (AvgIpc) is 2.71. The Morgan fingerprint density at radius 1 is 1.33 bits per heavy atom. The minimum absolute atomic E-state index is 0.185. The third kappa shape index (κ3) is 6.36. The van der Waals surface area contributed by atoms with Crippen molar-refractivity contribution >= 4 is 16.0 Å². The number of sulfonamides is 1. The first kappa shape index (κ1) is 24.0. The second-order valence-electron chi connectivity index (χ2n) is 6.67. The summed E-state index contributed by atoms with van der Waals surface area (Å²) in [6.45, 7) is 6.44. The maximum Gasteiger partial charge on any atom is 0.511 e. The third-order valence-corrected chi connectivity index (χ3v) is 6.14. The highest BCUT2D eigenvalue weighted by molar-refractivity contribution is 7.90. The van der Waals surface area contributed by atoms with Gasteiger partial charge in [0, 0.05) is 31.2 Å². The lowest BCUT2D eigenvalue weighted by Gasteiger charge is -2.32. The van der Waals surface area contributed by atoms with E-state index in [9.17, 15) is 21.6 Å². The lowest BCUT2D eigenvalue weighted by atomic mass is 10.1.